The van der Waals surface area contributed by atoms with Crippen LogP contribution >= 0.6 is 11.3 Å². The quantitative estimate of drug-likeness (QED) is 0.672. The molecule has 0 aromatic carbocycles. The Morgan fingerprint density at radius 3 is 2.96 bits per heavy atom. The lowest BCUT2D eigenvalue weighted by Gasteiger charge is -2.37. The standard InChI is InChI=1S/C17H23N7OS/c25-17(14-11-9-18-3-1-12(11)21-22-14)24-6-4-23(5-7-24)16-15-13(2-8-26-15)19-10-20-16/h2,8,10-12,14,18,21-22H,1,3-7,9H2. The van der Waals surface area contributed by atoms with Gasteiger partial charge in [-0.2, -0.15) is 0 Å². The van der Waals surface area contributed by atoms with Gasteiger partial charge in [-0.1, -0.05) is 0 Å². The second kappa shape index (κ2) is 6.73. The molecule has 1 amide bonds. The van der Waals surface area contributed by atoms with E-state index in [1.807, 2.05) is 11.0 Å². The van der Waals surface area contributed by atoms with Crippen molar-refractivity contribution in [1.82, 2.24) is 31.0 Å². The van der Waals surface area contributed by atoms with E-state index in [-0.39, 0.29) is 11.9 Å². The number of nitrogens with one attached hydrogen (secondary N) is 3. The first-order chi connectivity index (χ1) is 12.8. The summed E-state index contributed by atoms with van der Waals surface area (Å²) in [4.78, 5) is 26.1. The number of carbonyl (C=O) groups is 1. The van der Waals surface area contributed by atoms with E-state index in [4.69, 9.17) is 0 Å². The predicted molar refractivity (Wildman–Crippen MR) is 101 cm³/mol. The largest absolute Gasteiger partial charge is 0.352 e. The first kappa shape index (κ1) is 16.4. The topological polar surface area (TPSA) is 85.4 Å². The van der Waals surface area contributed by atoms with Crippen molar-refractivity contribution in [2.24, 2.45) is 5.92 Å². The summed E-state index contributed by atoms with van der Waals surface area (Å²) in [7, 11) is 0. The van der Waals surface area contributed by atoms with Crippen LogP contribution in [0.15, 0.2) is 17.8 Å². The van der Waals surface area contributed by atoms with Gasteiger partial charge in [-0.25, -0.2) is 15.4 Å². The smallest absolute Gasteiger partial charge is 0.241 e. The van der Waals surface area contributed by atoms with Crippen LogP contribution in [0.25, 0.3) is 10.2 Å². The summed E-state index contributed by atoms with van der Waals surface area (Å²) in [6.07, 6.45) is 2.70. The second-order valence-electron chi connectivity index (χ2n) is 7.17. The molecule has 0 radical (unpaired) electrons. The summed E-state index contributed by atoms with van der Waals surface area (Å²) in [6, 6.07) is 2.31. The molecular formula is C17H23N7OS. The Kier molecular flexibility index (Phi) is 4.24. The van der Waals surface area contributed by atoms with Gasteiger partial charge in [-0.3, -0.25) is 10.2 Å². The summed E-state index contributed by atoms with van der Waals surface area (Å²) in [5.74, 6) is 1.55. The van der Waals surface area contributed by atoms with E-state index < -0.39 is 0 Å². The fourth-order valence-electron chi connectivity index (χ4n) is 4.30. The molecule has 3 aliphatic rings. The molecule has 0 saturated carbocycles. The molecule has 2 aromatic rings. The number of amides is 1. The van der Waals surface area contributed by atoms with Gasteiger partial charge in [0.15, 0.2) is 0 Å². The van der Waals surface area contributed by atoms with Crippen LogP contribution in [0.5, 0.6) is 0 Å². The van der Waals surface area contributed by atoms with Gasteiger partial charge in [0.05, 0.1) is 10.2 Å². The molecule has 138 valence electrons. The van der Waals surface area contributed by atoms with E-state index in [1.54, 1.807) is 17.7 Å². The molecule has 5 heterocycles. The van der Waals surface area contributed by atoms with Gasteiger partial charge in [-0.05, 0) is 24.4 Å². The Labute approximate surface area is 155 Å². The third-order valence-electron chi connectivity index (χ3n) is 5.76. The number of nitrogens with zero attached hydrogens (tertiary/aromatic N) is 4. The van der Waals surface area contributed by atoms with E-state index >= 15 is 0 Å². The SMILES string of the molecule is O=C(C1NNC2CCNCC21)N1CCN(c2ncnc3ccsc23)CC1. The number of hydrazine groups is 1. The van der Waals surface area contributed by atoms with Crippen molar-refractivity contribution < 1.29 is 4.79 Å². The minimum absolute atomic E-state index is 0.123. The lowest BCUT2D eigenvalue weighted by Crippen LogP contribution is -2.56. The number of piperidine rings is 1. The van der Waals surface area contributed by atoms with Crippen molar-refractivity contribution in [2.45, 2.75) is 18.5 Å². The molecular weight excluding hydrogens is 350 g/mol. The molecule has 3 fully saturated rings. The number of piperazine rings is 1. The summed E-state index contributed by atoms with van der Waals surface area (Å²) >= 11 is 1.68. The number of carbonyl (C=O) groups excluding carboxylic acids is 1. The molecule has 3 aliphatic heterocycles. The minimum atomic E-state index is -0.123. The summed E-state index contributed by atoms with van der Waals surface area (Å²) in [6.45, 7) is 5.01. The lowest BCUT2D eigenvalue weighted by atomic mass is 9.89. The fraction of sp³-hybridized carbons (Fsp3) is 0.588. The predicted octanol–water partition coefficient (Wildman–Crippen LogP) is -0.206. The Morgan fingerprint density at radius 2 is 2.08 bits per heavy atom. The number of fused-ring (bicyclic) bond motifs is 2. The highest BCUT2D eigenvalue weighted by molar-refractivity contribution is 7.17. The highest BCUT2D eigenvalue weighted by atomic mass is 32.1. The van der Waals surface area contributed by atoms with Crippen molar-refractivity contribution in [1.29, 1.82) is 0 Å². The maximum atomic E-state index is 13.0. The van der Waals surface area contributed by atoms with Gasteiger partial charge in [0.1, 0.15) is 18.2 Å². The van der Waals surface area contributed by atoms with E-state index in [2.05, 4.69) is 36.4 Å². The van der Waals surface area contributed by atoms with Crippen LogP contribution in [-0.2, 0) is 4.79 Å². The van der Waals surface area contributed by atoms with Crippen molar-refractivity contribution in [2.75, 3.05) is 44.2 Å². The van der Waals surface area contributed by atoms with Crippen LogP contribution in [0.3, 0.4) is 0 Å². The van der Waals surface area contributed by atoms with Crippen LogP contribution in [0.1, 0.15) is 6.42 Å². The number of aromatic nitrogens is 2. The monoisotopic (exact) mass is 373 g/mol. The molecule has 0 bridgehead atoms. The van der Waals surface area contributed by atoms with Crippen molar-refractivity contribution >= 4 is 33.3 Å². The van der Waals surface area contributed by atoms with Crippen LogP contribution in [-0.4, -0.2) is 72.1 Å². The zero-order chi connectivity index (χ0) is 17.5. The van der Waals surface area contributed by atoms with E-state index in [1.165, 1.54) is 0 Å². The Morgan fingerprint density at radius 1 is 1.19 bits per heavy atom. The van der Waals surface area contributed by atoms with E-state index in [9.17, 15) is 4.79 Å². The molecule has 26 heavy (non-hydrogen) atoms. The van der Waals surface area contributed by atoms with Gasteiger partial charge < -0.3 is 15.1 Å². The Bertz CT molecular complexity index is 803. The van der Waals surface area contributed by atoms with Gasteiger partial charge in [0.2, 0.25) is 5.91 Å². The number of thiophene rings is 1. The zero-order valence-electron chi connectivity index (χ0n) is 14.5. The molecule has 2 aromatic heterocycles. The first-order valence-corrected chi connectivity index (χ1v) is 10.1. The third-order valence-corrected chi connectivity index (χ3v) is 6.66. The fourth-order valence-corrected chi connectivity index (χ4v) is 5.16. The Balaban J connectivity index is 1.26. The molecule has 3 saturated heterocycles. The maximum absolute atomic E-state index is 13.0. The molecule has 3 atom stereocenters. The number of anilines is 1. The summed E-state index contributed by atoms with van der Waals surface area (Å²) in [5, 5.41) is 5.47. The van der Waals surface area contributed by atoms with Crippen molar-refractivity contribution in [3.8, 4) is 0 Å². The highest BCUT2D eigenvalue weighted by Gasteiger charge is 2.43. The van der Waals surface area contributed by atoms with Gasteiger partial charge in [0.25, 0.3) is 0 Å². The third kappa shape index (κ3) is 2.75. The lowest BCUT2D eigenvalue weighted by molar-refractivity contribution is -0.134. The second-order valence-corrected chi connectivity index (χ2v) is 8.09. The maximum Gasteiger partial charge on any atom is 0.241 e. The normalized spacial score (nSPS) is 29.2. The minimum Gasteiger partial charge on any atom is -0.352 e. The molecule has 0 spiro atoms. The summed E-state index contributed by atoms with van der Waals surface area (Å²) < 4.78 is 1.13. The number of rotatable bonds is 2. The average Bonchev–Trinajstić information content (AvgIpc) is 3.34. The van der Waals surface area contributed by atoms with E-state index in [0.717, 1.165) is 61.7 Å². The van der Waals surface area contributed by atoms with Crippen molar-refractivity contribution in [3.63, 3.8) is 0 Å². The van der Waals surface area contributed by atoms with Gasteiger partial charge >= 0.3 is 0 Å². The number of hydrogen-bond acceptors (Lipinski definition) is 8. The molecule has 9 heteroatoms. The Hall–Kier alpha value is -1.81. The van der Waals surface area contributed by atoms with Gasteiger partial charge in [0, 0.05) is 44.7 Å². The molecule has 3 unspecified atom stereocenters. The van der Waals surface area contributed by atoms with Crippen LogP contribution in [0.2, 0.25) is 0 Å². The number of hydrogen-bond donors (Lipinski definition) is 3. The first-order valence-electron chi connectivity index (χ1n) is 9.25. The van der Waals surface area contributed by atoms with Crippen LogP contribution in [0.4, 0.5) is 5.82 Å². The van der Waals surface area contributed by atoms with Crippen molar-refractivity contribution in [3.05, 3.63) is 17.8 Å². The molecule has 3 N–H and O–H groups in total. The molecule has 0 aliphatic carbocycles. The molecule has 8 nitrogen and oxygen atoms in total. The average molecular weight is 373 g/mol. The highest BCUT2D eigenvalue weighted by Crippen LogP contribution is 2.29. The molecule has 5 rings (SSSR count). The van der Waals surface area contributed by atoms with Crippen LogP contribution in [0, 0.1) is 5.92 Å². The zero-order valence-corrected chi connectivity index (χ0v) is 15.3. The van der Waals surface area contributed by atoms with E-state index in [0.29, 0.717) is 12.0 Å². The van der Waals surface area contributed by atoms with Gasteiger partial charge in [-0.15, -0.1) is 11.3 Å². The summed E-state index contributed by atoms with van der Waals surface area (Å²) in [5.41, 5.74) is 7.56. The van der Waals surface area contributed by atoms with Crippen LogP contribution < -0.4 is 21.1 Å².